The molecule has 7 nitrogen and oxygen atoms in total. The summed E-state index contributed by atoms with van der Waals surface area (Å²) in [7, 11) is -3.66. The van der Waals surface area contributed by atoms with Crippen LogP contribution < -0.4 is 9.46 Å². The van der Waals surface area contributed by atoms with Gasteiger partial charge in [-0.05, 0) is 111 Å². The Balaban J connectivity index is 1.16. The van der Waals surface area contributed by atoms with Crippen molar-refractivity contribution in [1.29, 1.82) is 0 Å². The molecule has 2 fully saturated rings. The van der Waals surface area contributed by atoms with Crippen LogP contribution in [0.3, 0.4) is 0 Å². The fourth-order valence-electron chi connectivity index (χ4n) is 6.97. The Morgan fingerprint density at radius 3 is 2.41 bits per heavy atom. The van der Waals surface area contributed by atoms with Gasteiger partial charge in [-0.2, -0.15) is 0 Å². The van der Waals surface area contributed by atoms with Crippen LogP contribution in [0.5, 0.6) is 11.5 Å². The van der Waals surface area contributed by atoms with Gasteiger partial charge in [-0.1, -0.05) is 65.4 Å². The lowest BCUT2D eigenvalue weighted by Crippen LogP contribution is -2.44. The molecule has 0 spiro atoms. The zero-order valence-electron chi connectivity index (χ0n) is 27.6. The van der Waals surface area contributed by atoms with E-state index in [1.54, 1.807) is 24.3 Å². The van der Waals surface area contributed by atoms with Crippen molar-refractivity contribution in [3.05, 3.63) is 132 Å². The van der Waals surface area contributed by atoms with Gasteiger partial charge >= 0.3 is 0 Å². The number of thioether (sulfide) groups is 1. The zero-order chi connectivity index (χ0) is 34.1. The summed E-state index contributed by atoms with van der Waals surface area (Å²) in [6.45, 7) is 8.98. The maximum atomic E-state index is 13.5. The van der Waals surface area contributed by atoms with Crippen LogP contribution in [0.2, 0.25) is 0 Å². The molecule has 2 aliphatic heterocycles. The molecule has 0 bridgehead atoms. The first-order valence-corrected chi connectivity index (χ1v) is 19.0. The molecule has 250 valence electrons. The molecule has 7 rings (SSSR count). The van der Waals surface area contributed by atoms with E-state index in [9.17, 15) is 13.2 Å². The number of aryl methyl sites for hydroxylation is 2. The van der Waals surface area contributed by atoms with Crippen molar-refractivity contribution in [2.45, 2.75) is 42.9 Å². The summed E-state index contributed by atoms with van der Waals surface area (Å²) in [4.78, 5) is 20.8. The van der Waals surface area contributed by atoms with E-state index in [0.717, 1.165) is 63.2 Å². The van der Waals surface area contributed by atoms with Crippen LogP contribution in [0.25, 0.3) is 22.2 Å². The average Bonchev–Trinajstić information content (AvgIpc) is 3.44. The Hall–Kier alpha value is -4.44. The number of carbonyl (C=O) groups excluding carboxylic acids is 1. The van der Waals surface area contributed by atoms with Gasteiger partial charge in [0.1, 0.15) is 11.5 Å². The van der Waals surface area contributed by atoms with Crippen molar-refractivity contribution in [2.24, 2.45) is 11.8 Å². The first-order valence-electron chi connectivity index (χ1n) is 16.6. The Labute approximate surface area is 292 Å². The number of fused-ring (bicyclic) bond motifs is 2. The quantitative estimate of drug-likeness (QED) is 0.147. The molecule has 1 aromatic heterocycles. The van der Waals surface area contributed by atoms with Crippen molar-refractivity contribution in [2.75, 3.05) is 13.1 Å². The van der Waals surface area contributed by atoms with E-state index in [4.69, 9.17) is 9.72 Å². The van der Waals surface area contributed by atoms with Crippen LogP contribution in [0.1, 0.15) is 34.8 Å². The monoisotopic (exact) mass is 689 g/mol. The van der Waals surface area contributed by atoms with Gasteiger partial charge in [-0.3, -0.25) is 4.79 Å². The summed E-state index contributed by atoms with van der Waals surface area (Å²) in [6.07, 6.45) is 3.41. The van der Waals surface area contributed by atoms with Gasteiger partial charge in [0.15, 0.2) is 0 Å². The van der Waals surface area contributed by atoms with Crippen LogP contribution in [0, 0.1) is 25.7 Å². The van der Waals surface area contributed by atoms with E-state index in [-0.39, 0.29) is 39.8 Å². The number of benzene rings is 4. The number of nitrogens with zero attached hydrogens (tertiary/aromatic N) is 2. The summed E-state index contributed by atoms with van der Waals surface area (Å²) in [5.74, 6) is 1.61. The molecule has 2 aliphatic rings. The molecule has 0 aliphatic carbocycles. The summed E-state index contributed by atoms with van der Waals surface area (Å²) in [5.41, 5.74) is 5.91. The highest BCUT2D eigenvalue weighted by Gasteiger charge is 2.46. The number of sulfonamides is 1. The van der Waals surface area contributed by atoms with Crippen LogP contribution >= 0.6 is 11.8 Å². The largest absolute Gasteiger partial charge is 0.457 e. The fourth-order valence-corrected chi connectivity index (χ4v) is 9.36. The maximum absolute atomic E-state index is 13.5. The number of rotatable bonds is 10. The molecule has 0 unspecified atom stereocenters. The molecule has 1 N–H and O–H groups in total. The smallest absolute Gasteiger partial charge is 0.282 e. The van der Waals surface area contributed by atoms with Crippen LogP contribution in [-0.2, 0) is 10.0 Å². The normalized spacial score (nSPS) is 19.8. The molecule has 5 aromatic rings. The van der Waals surface area contributed by atoms with Crippen molar-refractivity contribution in [3.63, 3.8) is 0 Å². The minimum absolute atomic E-state index is 0.0342. The second-order valence-corrected chi connectivity index (χ2v) is 15.8. The Bertz CT molecular complexity index is 2100. The predicted molar refractivity (Wildman–Crippen MR) is 197 cm³/mol. The van der Waals surface area contributed by atoms with Gasteiger partial charge in [-0.15, -0.1) is 6.58 Å². The fraction of sp³-hybridized carbons (Fsp3) is 0.250. The third kappa shape index (κ3) is 7.02. The van der Waals surface area contributed by atoms with Crippen LogP contribution in [-0.4, -0.2) is 42.7 Å². The first-order chi connectivity index (χ1) is 23.7. The summed E-state index contributed by atoms with van der Waals surface area (Å²) in [6, 6.07) is 32.9. The number of nitrogens with one attached hydrogen (secondary N) is 1. The highest BCUT2D eigenvalue weighted by atomic mass is 32.2. The second kappa shape index (κ2) is 13.8. The predicted octanol–water partition coefficient (Wildman–Crippen LogP) is 9.08. The highest BCUT2D eigenvalue weighted by molar-refractivity contribution is 8.14. The number of hydrogen-bond donors (Lipinski definition) is 1. The van der Waals surface area contributed by atoms with Crippen molar-refractivity contribution in [1.82, 2.24) is 14.6 Å². The number of pyridine rings is 1. The molecular formula is C40H39N3O4S2. The van der Waals surface area contributed by atoms with Gasteiger partial charge in [0.2, 0.25) is 10.0 Å². The third-order valence-electron chi connectivity index (χ3n) is 9.68. The second-order valence-electron chi connectivity index (χ2n) is 13.0. The van der Waals surface area contributed by atoms with Gasteiger partial charge < -0.3 is 9.64 Å². The molecule has 9 heteroatoms. The summed E-state index contributed by atoms with van der Waals surface area (Å²) in [5, 5.41) is 1.04. The molecule has 4 aromatic carbocycles. The van der Waals surface area contributed by atoms with Crippen LogP contribution in [0.15, 0.2) is 121 Å². The number of hydrogen-bond acceptors (Lipinski definition) is 6. The van der Waals surface area contributed by atoms with Gasteiger partial charge in [0.05, 0.1) is 21.4 Å². The lowest BCUT2D eigenvalue weighted by Gasteiger charge is -2.39. The Morgan fingerprint density at radius 2 is 1.67 bits per heavy atom. The standard InChI is InChI=1S/C40H39N3O4S2/c1-4-28(25-41-49(45,46)33-17-10-26(2)11-18-33)30-20-21-43-38(23-30)39(48-40(43)44)35-24-37(42-36-19-12-27(3)22-34(35)36)29-13-15-32(16-14-29)47-31-8-6-5-7-9-31/h4-19,22,24,28,30,38-39,41H,1,20-21,23,25H2,2-3H3/t28-,30-,38-,39-/m0/s1. The van der Waals surface area contributed by atoms with Crippen molar-refractivity contribution < 1.29 is 17.9 Å². The maximum Gasteiger partial charge on any atom is 0.282 e. The van der Waals surface area contributed by atoms with E-state index in [0.29, 0.717) is 6.54 Å². The molecule has 4 atom stereocenters. The van der Waals surface area contributed by atoms with Gasteiger partial charge in [0, 0.05) is 30.1 Å². The van der Waals surface area contributed by atoms with Crippen molar-refractivity contribution in [3.8, 4) is 22.8 Å². The van der Waals surface area contributed by atoms with E-state index in [1.807, 2.05) is 72.5 Å². The molecule has 3 heterocycles. The Morgan fingerprint density at radius 1 is 0.959 bits per heavy atom. The molecular weight excluding hydrogens is 651 g/mol. The zero-order valence-corrected chi connectivity index (χ0v) is 29.2. The van der Waals surface area contributed by atoms with Crippen molar-refractivity contribution >= 4 is 37.9 Å². The van der Waals surface area contributed by atoms with Crippen LogP contribution in [0.4, 0.5) is 4.79 Å². The van der Waals surface area contributed by atoms with E-state index < -0.39 is 10.0 Å². The molecule has 2 saturated heterocycles. The minimum atomic E-state index is -3.66. The molecule has 0 saturated carbocycles. The molecule has 1 amide bonds. The number of piperidine rings is 1. The SMILES string of the molecule is C=C[C@@H](CNS(=O)(=O)c1ccc(C)cc1)[C@H]1CCN2C(=O)S[C@@H](c3cc(-c4ccc(Oc5ccccc5)cc4)nc4ccc(C)cc34)[C@@H]2C1. The van der Waals surface area contributed by atoms with E-state index in [1.165, 1.54) is 11.8 Å². The van der Waals surface area contributed by atoms with E-state index in [2.05, 4.69) is 42.5 Å². The number of aromatic nitrogens is 1. The molecule has 0 radical (unpaired) electrons. The summed E-state index contributed by atoms with van der Waals surface area (Å²) < 4.78 is 35.0. The topological polar surface area (TPSA) is 88.6 Å². The van der Waals surface area contributed by atoms with Gasteiger partial charge in [-0.25, -0.2) is 18.1 Å². The number of para-hydroxylation sites is 1. The van der Waals surface area contributed by atoms with E-state index >= 15 is 0 Å². The highest BCUT2D eigenvalue weighted by Crippen LogP contribution is 2.51. The third-order valence-corrected chi connectivity index (χ3v) is 12.4. The van der Waals surface area contributed by atoms with Gasteiger partial charge in [0.25, 0.3) is 5.24 Å². The summed E-state index contributed by atoms with van der Waals surface area (Å²) >= 11 is 1.39. The minimum Gasteiger partial charge on any atom is -0.457 e. The lowest BCUT2D eigenvalue weighted by atomic mass is 9.79. The first kappa shape index (κ1) is 33.1. The Kier molecular flexibility index (Phi) is 9.33. The molecule has 49 heavy (non-hydrogen) atoms. The number of ether oxygens (including phenoxy) is 1. The number of amides is 1. The number of carbonyl (C=O) groups is 1. The lowest BCUT2D eigenvalue weighted by molar-refractivity contribution is 0.135. The average molecular weight is 690 g/mol.